The smallest absolute Gasteiger partial charge is 0.255 e. The average molecular weight is 378 g/mol. The van der Waals surface area contributed by atoms with Crippen LogP contribution >= 0.6 is 11.6 Å². The zero-order valence-electron chi connectivity index (χ0n) is 14.8. The number of hydrogen-bond donors (Lipinski definition) is 2. The third-order valence-electron chi connectivity index (χ3n) is 4.79. The number of pyridine rings is 1. The molecule has 140 valence electrons. The number of piperidine rings is 1. The topological polar surface area (TPSA) is 88.4 Å². The molecule has 3 N–H and O–H groups in total. The maximum absolute atomic E-state index is 12.3. The first-order chi connectivity index (χ1) is 12.5. The van der Waals surface area contributed by atoms with Crippen molar-refractivity contribution in [2.75, 3.05) is 13.1 Å². The Kier molecular flexibility index (Phi) is 5.84. The molecule has 0 spiro atoms. The Morgan fingerprint density at radius 1 is 1.42 bits per heavy atom. The van der Waals surface area contributed by atoms with Crippen molar-refractivity contribution in [2.24, 2.45) is 5.73 Å². The lowest BCUT2D eigenvalue weighted by atomic mass is 10.1. The fourth-order valence-corrected chi connectivity index (χ4v) is 3.53. The Bertz CT molecular complexity index is 844. The summed E-state index contributed by atoms with van der Waals surface area (Å²) in [6.45, 7) is 3.28. The van der Waals surface area contributed by atoms with Gasteiger partial charge in [0.1, 0.15) is 11.9 Å². The summed E-state index contributed by atoms with van der Waals surface area (Å²) in [6, 6.07) is 4.83. The van der Waals surface area contributed by atoms with Crippen molar-refractivity contribution in [1.29, 1.82) is 0 Å². The number of carbonyl (C=O) groups is 1. The molecule has 1 atom stereocenters. The number of nitrogens with one attached hydrogen (secondary N) is 1. The molecule has 0 saturated carbocycles. The van der Waals surface area contributed by atoms with Crippen LogP contribution in [0.5, 0.6) is 5.75 Å². The minimum atomic E-state index is -0.412. The number of aromatic nitrogens is 1. The number of hydrogen-bond acceptors (Lipinski definition) is 4. The van der Waals surface area contributed by atoms with Crippen LogP contribution in [0.3, 0.4) is 0 Å². The van der Waals surface area contributed by atoms with E-state index in [0.717, 1.165) is 24.6 Å². The van der Waals surface area contributed by atoms with E-state index >= 15 is 0 Å². The molecule has 1 aromatic carbocycles. The van der Waals surface area contributed by atoms with E-state index in [1.807, 2.05) is 17.9 Å². The van der Waals surface area contributed by atoms with Crippen LogP contribution in [0, 0.1) is 0 Å². The molecule has 2 heterocycles. The van der Waals surface area contributed by atoms with Gasteiger partial charge in [0.25, 0.3) is 5.56 Å². The van der Waals surface area contributed by atoms with E-state index in [4.69, 9.17) is 22.1 Å². The van der Waals surface area contributed by atoms with E-state index in [0.29, 0.717) is 35.7 Å². The van der Waals surface area contributed by atoms with Gasteiger partial charge < -0.3 is 20.4 Å². The molecular weight excluding hydrogens is 354 g/mol. The van der Waals surface area contributed by atoms with Gasteiger partial charge in [-0.2, -0.15) is 0 Å². The third-order valence-corrected chi connectivity index (χ3v) is 5.09. The number of rotatable bonds is 5. The molecule has 0 radical (unpaired) electrons. The number of halogens is 1. The normalized spacial score (nSPS) is 16.7. The van der Waals surface area contributed by atoms with Crippen molar-refractivity contribution >= 4 is 28.3 Å². The standard InChI is InChI=1S/C19H24ClN3O3/c1-2-3-16(21)19(25)23-8-5-13(6-9-23)26-17-10-12-4-7-22-18(24)14(12)11-15(17)20/h4,7,10-11,13,16H,2-3,5-6,8-9,21H2,1H3,(H,22,24). The minimum absolute atomic E-state index is 0.0154. The van der Waals surface area contributed by atoms with Crippen molar-refractivity contribution < 1.29 is 9.53 Å². The van der Waals surface area contributed by atoms with Crippen LogP contribution in [-0.2, 0) is 4.79 Å². The number of fused-ring (bicyclic) bond motifs is 1. The van der Waals surface area contributed by atoms with E-state index in [-0.39, 0.29) is 17.6 Å². The fraction of sp³-hybridized carbons (Fsp3) is 0.474. The Hall–Kier alpha value is -2.05. The van der Waals surface area contributed by atoms with Gasteiger partial charge >= 0.3 is 0 Å². The first-order valence-electron chi connectivity index (χ1n) is 9.01. The number of H-pyrrole nitrogens is 1. The molecular formula is C19H24ClN3O3. The van der Waals surface area contributed by atoms with Crippen LogP contribution in [-0.4, -0.2) is 41.0 Å². The number of amides is 1. The predicted octanol–water partition coefficient (Wildman–Crippen LogP) is 2.68. The second kappa shape index (κ2) is 8.10. The highest BCUT2D eigenvalue weighted by Crippen LogP contribution is 2.31. The first-order valence-corrected chi connectivity index (χ1v) is 9.39. The second-order valence-electron chi connectivity index (χ2n) is 6.71. The van der Waals surface area contributed by atoms with Crippen LogP contribution in [0.2, 0.25) is 5.02 Å². The van der Waals surface area contributed by atoms with Crippen LogP contribution in [0.4, 0.5) is 0 Å². The van der Waals surface area contributed by atoms with E-state index in [2.05, 4.69) is 4.98 Å². The molecule has 1 aliphatic rings. The van der Waals surface area contributed by atoms with Crippen LogP contribution in [0.1, 0.15) is 32.6 Å². The minimum Gasteiger partial charge on any atom is -0.489 e. The number of benzene rings is 1. The lowest BCUT2D eigenvalue weighted by molar-refractivity contribution is -0.134. The maximum Gasteiger partial charge on any atom is 0.255 e. The molecule has 6 nitrogen and oxygen atoms in total. The summed E-state index contributed by atoms with van der Waals surface area (Å²) in [4.78, 5) is 28.6. The van der Waals surface area contributed by atoms with Gasteiger partial charge in [-0.1, -0.05) is 24.9 Å². The zero-order chi connectivity index (χ0) is 18.7. The molecule has 1 aromatic heterocycles. The highest BCUT2D eigenvalue weighted by molar-refractivity contribution is 6.32. The quantitative estimate of drug-likeness (QED) is 0.838. The Labute approximate surface area is 157 Å². The van der Waals surface area contributed by atoms with E-state index in [9.17, 15) is 9.59 Å². The van der Waals surface area contributed by atoms with Crippen LogP contribution in [0.25, 0.3) is 10.8 Å². The molecule has 0 aliphatic carbocycles. The summed E-state index contributed by atoms with van der Waals surface area (Å²) in [6.07, 6.45) is 4.66. The highest BCUT2D eigenvalue weighted by Gasteiger charge is 2.27. The van der Waals surface area contributed by atoms with Gasteiger partial charge in [0.05, 0.1) is 11.1 Å². The molecule has 26 heavy (non-hydrogen) atoms. The molecule has 1 saturated heterocycles. The summed E-state index contributed by atoms with van der Waals surface area (Å²) in [5, 5.41) is 1.74. The largest absolute Gasteiger partial charge is 0.489 e. The summed E-state index contributed by atoms with van der Waals surface area (Å²) < 4.78 is 6.06. The highest BCUT2D eigenvalue weighted by atomic mass is 35.5. The van der Waals surface area contributed by atoms with Gasteiger partial charge in [-0.3, -0.25) is 9.59 Å². The van der Waals surface area contributed by atoms with Crippen molar-refractivity contribution in [1.82, 2.24) is 9.88 Å². The van der Waals surface area contributed by atoms with E-state index < -0.39 is 6.04 Å². The van der Waals surface area contributed by atoms with Crippen molar-refractivity contribution in [3.8, 4) is 5.75 Å². The van der Waals surface area contributed by atoms with Gasteiger partial charge in [0, 0.05) is 37.5 Å². The summed E-state index contributed by atoms with van der Waals surface area (Å²) in [5.74, 6) is 0.588. The molecule has 2 aromatic rings. The lowest BCUT2D eigenvalue weighted by Crippen LogP contribution is -2.48. The van der Waals surface area contributed by atoms with Crippen LogP contribution in [0.15, 0.2) is 29.2 Å². The van der Waals surface area contributed by atoms with Gasteiger partial charge in [-0.25, -0.2) is 0 Å². The fourth-order valence-electron chi connectivity index (χ4n) is 3.32. The molecule has 0 bridgehead atoms. The predicted molar refractivity (Wildman–Crippen MR) is 103 cm³/mol. The van der Waals surface area contributed by atoms with Gasteiger partial charge in [-0.15, -0.1) is 0 Å². The summed E-state index contributed by atoms with van der Waals surface area (Å²) in [5.41, 5.74) is 5.76. The number of ether oxygens (including phenoxy) is 1. The zero-order valence-corrected chi connectivity index (χ0v) is 15.6. The van der Waals surface area contributed by atoms with Crippen molar-refractivity contribution in [3.63, 3.8) is 0 Å². The third kappa shape index (κ3) is 4.02. The second-order valence-corrected chi connectivity index (χ2v) is 7.12. The molecule has 7 heteroatoms. The summed E-state index contributed by atoms with van der Waals surface area (Å²) in [7, 11) is 0. The van der Waals surface area contributed by atoms with Crippen LogP contribution < -0.4 is 16.0 Å². The van der Waals surface area contributed by atoms with Gasteiger partial charge in [0.15, 0.2) is 0 Å². The molecule has 3 rings (SSSR count). The van der Waals surface area contributed by atoms with E-state index in [1.54, 1.807) is 18.3 Å². The SMILES string of the molecule is CCCC(N)C(=O)N1CCC(Oc2cc3cc[nH]c(=O)c3cc2Cl)CC1. The van der Waals surface area contributed by atoms with E-state index in [1.165, 1.54) is 0 Å². The number of aromatic amines is 1. The van der Waals surface area contributed by atoms with Crippen molar-refractivity contribution in [3.05, 3.63) is 39.8 Å². The van der Waals surface area contributed by atoms with Gasteiger partial charge in [-0.05, 0) is 30.0 Å². The van der Waals surface area contributed by atoms with Crippen molar-refractivity contribution in [2.45, 2.75) is 44.8 Å². The number of nitrogens with zero attached hydrogens (tertiary/aromatic N) is 1. The number of nitrogens with two attached hydrogens (primary N) is 1. The average Bonchev–Trinajstić information content (AvgIpc) is 2.63. The maximum atomic E-state index is 12.3. The Morgan fingerprint density at radius 2 is 2.15 bits per heavy atom. The molecule has 1 unspecified atom stereocenters. The lowest BCUT2D eigenvalue weighted by Gasteiger charge is -2.33. The first kappa shape index (κ1) is 18.7. The Balaban J connectivity index is 1.65. The number of likely N-dealkylation sites (tertiary alicyclic amines) is 1. The molecule has 1 aliphatic heterocycles. The monoisotopic (exact) mass is 377 g/mol. The van der Waals surface area contributed by atoms with Gasteiger partial charge in [0.2, 0.25) is 5.91 Å². The number of carbonyl (C=O) groups excluding carboxylic acids is 1. The Morgan fingerprint density at radius 3 is 2.85 bits per heavy atom. The molecule has 1 amide bonds. The summed E-state index contributed by atoms with van der Waals surface area (Å²) >= 11 is 6.29. The molecule has 1 fully saturated rings.